The van der Waals surface area contributed by atoms with E-state index in [9.17, 15) is 9.59 Å². The first-order valence-corrected chi connectivity index (χ1v) is 8.93. The molecule has 0 saturated carbocycles. The number of aryl methyl sites for hydroxylation is 1. The first-order valence-electron chi connectivity index (χ1n) is 8.93. The Kier molecular flexibility index (Phi) is 5.55. The van der Waals surface area contributed by atoms with Gasteiger partial charge in [0.25, 0.3) is 5.91 Å². The van der Waals surface area contributed by atoms with Crippen molar-refractivity contribution in [2.24, 2.45) is 0 Å². The Balaban J connectivity index is 1.58. The van der Waals surface area contributed by atoms with Crippen LogP contribution in [0.3, 0.4) is 0 Å². The number of nitrogens with zero attached hydrogens (tertiary/aromatic N) is 5. The minimum Gasteiger partial charge on any atom is -0.354 e. The molecule has 1 aliphatic rings. The average Bonchev–Trinajstić information content (AvgIpc) is 3.34. The van der Waals surface area contributed by atoms with Gasteiger partial charge in [-0.15, -0.1) is 0 Å². The zero-order chi connectivity index (χ0) is 18.5. The number of nitrogens with one attached hydrogen (secondary N) is 2. The number of aromatic nitrogens is 4. The van der Waals surface area contributed by atoms with Crippen LogP contribution in [0.25, 0.3) is 0 Å². The Labute approximate surface area is 152 Å². The highest BCUT2D eigenvalue weighted by Crippen LogP contribution is 2.21. The van der Waals surface area contributed by atoms with E-state index in [0.717, 1.165) is 31.6 Å². The number of hydrogen-bond acceptors (Lipinski definition) is 4. The van der Waals surface area contributed by atoms with Crippen LogP contribution in [0.4, 0.5) is 4.79 Å². The van der Waals surface area contributed by atoms with Gasteiger partial charge in [0.05, 0.1) is 18.3 Å². The molecule has 2 N–H and O–H groups in total. The number of urea groups is 1. The van der Waals surface area contributed by atoms with E-state index < -0.39 is 0 Å². The Morgan fingerprint density at radius 2 is 2.19 bits per heavy atom. The molecule has 9 nitrogen and oxygen atoms in total. The largest absolute Gasteiger partial charge is 0.354 e. The van der Waals surface area contributed by atoms with Gasteiger partial charge in [0.15, 0.2) is 0 Å². The van der Waals surface area contributed by atoms with E-state index in [0.29, 0.717) is 18.8 Å². The van der Waals surface area contributed by atoms with E-state index in [4.69, 9.17) is 0 Å². The summed E-state index contributed by atoms with van der Waals surface area (Å²) in [4.78, 5) is 26.0. The Morgan fingerprint density at radius 3 is 2.96 bits per heavy atom. The maximum Gasteiger partial charge on any atom is 0.317 e. The van der Waals surface area contributed by atoms with E-state index in [2.05, 4.69) is 20.8 Å². The van der Waals surface area contributed by atoms with Gasteiger partial charge >= 0.3 is 6.03 Å². The van der Waals surface area contributed by atoms with Gasteiger partial charge in [0, 0.05) is 39.1 Å². The first kappa shape index (κ1) is 18.0. The van der Waals surface area contributed by atoms with Crippen molar-refractivity contribution in [2.75, 3.05) is 20.1 Å². The van der Waals surface area contributed by atoms with Crippen molar-refractivity contribution in [3.63, 3.8) is 0 Å². The molecule has 1 unspecified atom stereocenters. The summed E-state index contributed by atoms with van der Waals surface area (Å²) in [7, 11) is 1.58. The lowest BCUT2D eigenvalue weighted by atomic mass is 10.1. The summed E-state index contributed by atoms with van der Waals surface area (Å²) in [6, 6.07) is 3.60. The molecule has 0 aliphatic carbocycles. The van der Waals surface area contributed by atoms with Gasteiger partial charge in [-0.05, 0) is 31.9 Å². The SMILES string of the molecule is CCn1nccc1CNC(=O)N1CCCC(n2ccc(C(=O)NC)n2)C1. The van der Waals surface area contributed by atoms with Crippen LogP contribution < -0.4 is 10.6 Å². The molecular weight excluding hydrogens is 334 g/mol. The molecule has 0 radical (unpaired) electrons. The molecule has 0 bridgehead atoms. The molecule has 3 rings (SSSR count). The molecule has 1 atom stereocenters. The second kappa shape index (κ2) is 8.03. The molecule has 26 heavy (non-hydrogen) atoms. The highest BCUT2D eigenvalue weighted by atomic mass is 16.2. The number of hydrogen-bond donors (Lipinski definition) is 2. The number of rotatable bonds is 5. The van der Waals surface area contributed by atoms with E-state index >= 15 is 0 Å². The van der Waals surface area contributed by atoms with Crippen LogP contribution in [0.5, 0.6) is 0 Å². The van der Waals surface area contributed by atoms with E-state index in [1.54, 1.807) is 30.2 Å². The monoisotopic (exact) mass is 359 g/mol. The van der Waals surface area contributed by atoms with Crippen molar-refractivity contribution in [1.82, 2.24) is 35.1 Å². The molecule has 0 aromatic carbocycles. The summed E-state index contributed by atoms with van der Waals surface area (Å²) in [6.07, 6.45) is 5.38. The van der Waals surface area contributed by atoms with Crippen molar-refractivity contribution in [2.45, 2.75) is 38.9 Å². The molecule has 140 valence electrons. The van der Waals surface area contributed by atoms with Gasteiger partial charge in [-0.1, -0.05) is 0 Å². The number of carbonyl (C=O) groups is 2. The summed E-state index contributed by atoms with van der Waals surface area (Å²) >= 11 is 0. The van der Waals surface area contributed by atoms with Crippen LogP contribution >= 0.6 is 0 Å². The molecule has 2 aromatic rings. The molecular formula is C17H25N7O2. The van der Waals surface area contributed by atoms with E-state index in [1.165, 1.54) is 0 Å². The first-order chi connectivity index (χ1) is 12.6. The molecule has 2 aromatic heterocycles. The maximum absolute atomic E-state index is 12.5. The average molecular weight is 359 g/mol. The molecule has 9 heteroatoms. The zero-order valence-electron chi connectivity index (χ0n) is 15.2. The normalized spacial score (nSPS) is 17.2. The minimum absolute atomic E-state index is 0.0778. The van der Waals surface area contributed by atoms with Gasteiger partial charge in [-0.25, -0.2) is 4.79 Å². The quantitative estimate of drug-likeness (QED) is 0.832. The van der Waals surface area contributed by atoms with Crippen molar-refractivity contribution in [1.29, 1.82) is 0 Å². The van der Waals surface area contributed by atoms with Crippen LogP contribution in [-0.2, 0) is 13.1 Å². The lowest BCUT2D eigenvalue weighted by molar-refractivity contribution is 0.0955. The Morgan fingerprint density at radius 1 is 1.35 bits per heavy atom. The van der Waals surface area contributed by atoms with Crippen LogP contribution in [0, 0.1) is 0 Å². The summed E-state index contributed by atoms with van der Waals surface area (Å²) in [5, 5.41) is 14.1. The second-order valence-electron chi connectivity index (χ2n) is 6.30. The standard InChI is InChI=1S/C17H25N7O2/c1-3-23-13(6-8-20-23)11-19-17(26)22-9-4-5-14(12-22)24-10-7-15(21-24)16(25)18-2/h6-8,10,14H,3-5,9,11-12H2,1-2H3,(H,18,25)(H,19,26). The summed E-state index contributed by atoms with van der Waals surface area (Å²) < 4.78 is 3.65. The van der Waals surface area contributed by atoms with Crippen molar-refractivity contribution in [3.05, 3.63) is 35.9 Å². The number of piperidine rings is 1. The van der Waals surface area contributed by atoms with E-state index in [-0.39, 0.29) is 18.0 Å². The number of likely N-dealkylation sites (tertiary alicyclic amines) is 1. The van der Waals surface area contributed by atoms with Gasteiger partial charge in [-0.2, -0.15) is 10.2 Å². The Bertz CT molecular complexity index is 767. The molecule has 1 saturated heterocycles. The predicted octanol–water partition coefficient (Wildman–Crippen LogP) is 1.01. The number of amides is 3. The third kappa shape index (κ3) is 3.87. The molecule has 1 aliphatic heterocycles. The van der Waals surface area contributed by atoms with Gasteiger partial charge in [0.2, 0.25) is 0 Å². The topological polar surface area (TPSA) is 97.1 Å². The van der Waals surface area contributed by atoms with Crippen LogP contribution in [-0.4, -0.2) is 56.5 Å². The zero-order valence-corrected chi connectivity index (χ0v) is 15.2. The Hall–Kier alpha value is -2.84. The fraction of sp³-hybridized carbons (Fsp3) is 0.529. The van der Waals surface area contributed by atoms with Gasteiger partial charge in [0.1, 0.15) is 5.69 Å². The maximum atomic E-state index is 12.5. The smallest absolute Gasteiger partial charge is 0.317 e. The molecule has 0 spiro atoms. The third-order valence-electron chi connectivity index (χ3n) is 4.65. The van der Waals surface area contributed by atoms with Crippen molar-refractivity contribution < 1.29 is 9.59 Å². The highest BCUT2D eigenvalue weighted by Gasteiger charge is 2.25. The van der Waals surface area contributed by atoms with Gasteiger partial charge in [-0.3, -0.25) is 14.2 Å². The molecule has 3 heterocycles. The second-order valence-corrected chi connectivity index (χ2v) is 6.30. The van der Waals surface area contributed by atoms with Crippen LogP contribution in [0.15, 0.2) is 24.5 Å². The lowest BCUT2D eigenvalue weighted by Gasteiger charge is -2.32. The third-order valence-corrected chi connectivity index (χ3v) is 4.65. The number of carbonyl (C=O) groups excluding carboxylic acids is 2. The van der Waals surface area contributed by atoms with E-state index in [1.807, 2.05) is 22.6 Å². The minimum atomic E-state index is -0.207. The van der Waals surface area contributed by atoms with Crippen molar-refractivity contribution in [3.8, 4) is 0 Å². The summed E-state index contributed by atoms with van der Waals surface area (Å²) in [6.45, 7) is 4.55. The highest BCUT2D eigenvalue weighted by molar-refractivity contribution is 5.91. The molecule has 1 fully saturated rings. The summed E-state index contributed by atoms with van der Waals surface area (Å²) in [5.74, 6) is -0.207. The fourth-order valence-electron chi connectivity index (χ4n) is 3.22. The van der Waals surface area contributed by atoms with Gasteiger partial charge < -0.3 is 15.5 Å². The molecule has 3 amide bonds. The van der Waals surface area contributed by atoms with Crippen LogP contribution in [0.2, 0.25) is 0 Å². The lowest BCUT2D eigenvalue weighted by Crippen LogP contribution is -2.46. The predicted molar refractivity (Wildman–Crippen MR) is 95.6 cm³/mol. The van der Waals surface area contributed by atoms with Crippen LogP contribution in [0.1, 0.15) is 42.0 Å². The summed E-state index contributed by atoms with van der Waals surface area (Å²) in [5.41, 5.74) is 1.37. The van der Waals surface area contributed by atoms with Crippen molar-refractivity contribution >= 4 is 11.9 Å². The fourth-order valence-corrected chi connectivity index (χ4v) is 3.22.